The zero-order valence-electron chi connectivity index (χ0n) is 14.2. The summed E-state index contributed by atoms with van der Waals surface area (Å²) in [7, 11) is 1.48. The molecule has 0 bridgehead atoms. The lowest BCUT2D eigenvalue weighted by molar-refractivity contribution is 0.414. The molecule has 136 valence electrons. The molecule has 4 aromatic rings. The molecule has 0 fully saturated rings. The van der Waals surface area contributed by atoms with Gasteiger partial charge in [-0.15, -0.1) is 0 Å². The van der Waals surface area contributed by atoms with E-state index in [0.29, 0.717) is 22.8 Å². The van der Waals surface area contributed by atoms with Crippen LogP contribution in [0.1, 0.15) is 5.56 Å². The average Bonchev–Trinajstić information content (AvgIpc) is 3.07. The van der Waals surface area contributed by atoms with Gasteiger partial charge in [-0.1, -0.05) is 29.8 Å². The van der Waals surface area contributed by atoms with Gasteiger partial charge in [-0.05, 0) is 29.8 Å². The molecule has 0 saturated carbocycles. The van der Waals surface area contributed by atoms with E-state index < -0.39 is 11.4 Å². The summed E-state index contributed by atoms with van der Waals surface area (Å²) in [6.07, 6.45) is 1.52. The first-order chi connectivity index (χ1) is 13.1. The van der Waals surface area contributed by atoms with Crippen LogP contribution in [0, 0.1) is 5.82 Å². The molecule has 4 rings (SSSR count). The normalized spacial score (nSPS) is 11.1. The number of fused-ring (bicyclic) bond motifs is 1. The number of H-pyrrole nitrogens is 1. The summed E-state index contributed by atoms with van der Waals surface area (Å²) >= 11 is 6.19. The standard InChI is InChI=1S/C19H14ClFN4O2/c1-27-12-6-7-15(21)13(8-12)17-23-18-16(19(26)24-17)25(10-22-18)9-11-4-2-3-5-14(11)20/h2-8,10H,9H2,1H3,(H,23,24,26). The van der Waals surface area contributed by atoms with Crippen molar-refractivity contribution in [2.24, 2.45) is 0 Å². The third kappa shape index (κ3) is 3.17. The molecule has 6 nitrogen and oxygen atoms in total. The van der Waals surface area contributed by atoms with E-state index >= 15 is 0 Å². The number of hydrogen-bond donors (Lipinski definition) is 1. The van der Waals surface area contributed by atoms with Crippen LogP contribution in [-0.2, 0) is 6.54 Å². The van der Waals surface area contributed by atoms with E-state index in [9.17, 15) is 9.18 Å². The Morgan fingerprint density at radius 3 is 2.85 bits per heavy atom. The van der Waals surface area contributed by atoms with Gasteiger partial charge in [0.05, 0.1) is 25.5 Å². The van der Waals surface area contributed by atoms with E-state index in [1.807, 2.05) is 18.2 Å². The molecule has 0 unspecified atom stereocenters. The smallest absolute Gasteiger partial charge is 0.277 e. The number of rotatable bonds is 4. The molecule has 2 heterocycles. The SMILES string of the molecule is COc1ccc(F)c(-c2nc3ncn(Cc4ccccc4Cl)c3c(=O)[nH]2)c1. The number of benzene rings is 2. The lowest BCUT2D eigenvalue weighted by Gasteiger charge is -2.07. The van der Waals surface area contributed by atoms with Crippen LogP contribution >= 0.6 is 11.6 Å². The number of aromatic nitrogens is 4. The van der Waals surface area contributed by atoms with Gasteiger partial charge >= 0.3 is 0 Å². The second-order valence-corrected chi connectivity index (χ2v) is 6.30. The van der Waals surface area contributed by atoms with Gasteiger partial charge < -0.3 is 14.3 Å². The van der Waals surface area contributed by atoms with E-state index in [1.54, 1.807) is 10.6 Å². The summed E-state index contributed by atoms with van der Waals surface area (Å²) in [6.45, 7) is 0.369. The average molecular weight is 385 g/mol. The Hall–Kier alpha value is -3.19. The molecule has 0 atom stereocenters. The molecule has 27 heavy (non-hydrogen) atoms. The highest BCUT2D eigenvalue weighted by Gasteiger charge is 2.15. The lowest BCUT2D eigenvalue weighted by Crippen LogP contribution is -2.14. The van der Waals surface area contributed by atoms with Gasteiger partial charge in [0.25, 0.3) is 5.56 Å². The Morgan fingerprint density at radius 2 is 2.07 bits per heavy atom. The molecule has 0 aliphatic rings. The van der Waals surface area contributed by atoms with Gasteiger partial charge in [0.1, 0.15) is 17.4 Å². The summed E-state index contributed by atoms with van der Waals surface area (Å²) in [5, 5.41) is 0.596. The van der Waals surface area contributed by atoms with E-state index in [2.05, 4.69) is 15.0 Å². The minimum absolute atomic E-state index is 0.0897. The zero-order valence-corrected chi connectivity index (χ0v) is 15.0. The minimum Gasteiger partial charge on any atom is -0.497 e. The maximum atomic E-state index is 14.2. The first-order valence-electron chi connectivity index (χ1n) is 8.09. The van der Waals surface area contributed by atoms with Gasteiger partial charge in [0.2, 0.25) is 0 Å². The lowest BCUT2D eigenvalue weighted by atomic mass is 10.2. The fourth-order valence-electron chi connectivity index (χ4n) is 2.86. The molecule has 0 spiro atoms. The quantitative estimate of drug-likeness (QED) is 0.583. The molecular formula is C19H14ClFN4O2. The van der Waals surface area contributed by atoms with Crippen molar-refractivity contribution in [3.05, 3.63) is 75.5 Å². The first-order valence-corrected chi connectivity index (χ1v) is 8.47. The molecule has 8 heteroatoms. The predicted octanol–water partition coefficient (Wildman–Crippen LogP) is 3.64. The maximum Gasteiger partial charge on any atom is 0.277 e. The van der Waals surface area contributed by atoms with Crippen molar-refractivity contribution in [1.29, 1.82) is 0 Å². The third-order valence-electron chi connectivity index (χ3n) is 4.21. The third-order valence-corrected chi connectivity index (χ3v) is 4.58. The number of halogens is 2. The highest BCUT2D eigenvalue weighted by molar-refractivity contribution is 6.31. The molecular weight excluding hydrogens is 371 g/mol. The number of nitrogens with one attached hydrogen (secondary N) is 1. The Kier molecular flexibility index (Phi) is 4.37. The summed E-state index contributed by atoms with van der Waals surface area (Å²) < 4.78 is 21.0. The van der Waals surface area contributed by atoms with Crippen molar-refractivity contribution in [3.8, 4) is 17.1 Å². The van der Waals surface area contributed by atoms with Crippen LogP contribution in [0.25, 0.3) is 22.6 Å². The fourth-order valence-corrected chi connectivity index (χ4v) is 3.05. The van der Waals surface area contributed by atoms with Crippen molar-refractivity contribution >= 4 is 22.8 Å². The molecule has 1 N–H and O–H groups in total. The highest BCUT2D eigenvalue weighted by atomic mass is 35.5. The van der Waals surface area contributed by atoms with Crippen molar-refractivity contribution in [2.45, 2.75) is 6.54 Å². The number of hydrogen-bond acceptors (Lipinski definition) is 4. The van der Waals surface area contributed by atoms with E-state index in [1.165, 1.54) is 31.6 Å². The molecule has 0 aliphatic carbocycles. The van der Waals surface area contributed by atoms with Gasteiger partial charge in [-0.2, -0.15) is 0 Å². The van der Waals surface area contributed by atoms with Gasteiger partial charge in [-0.3, -0.25) is 4.79 Å². The Bertz CT molecular complexity index is 1200. The number of aromatic amines is 1. The maximum absolute atomic E-state index is 14.2. The topological polar surface area (TPSA) is 72.8 Å². The van der Waals surface area contributed by atoms with Crippen LogP contribution in [0.15, 0.2) is 53.6 Å². The minimum atomic E-state index is -0.520. The molecule has 0 amide bonds. The Labute approximate surface area is 158 Å². The summed E-state index contributed by atoms with van der Waals surface area (Å²) in [6, 6.07) is 11.6. The summed E-state index contributed by atoms with van der Waals surface area (Å²) in [5.41, 5.74) is 1.08. The van der Waals surface area contributed by atoms with Gasteiger partial charge in [0, 0.05) is 5.02 Å². The van der Waals surface area contributed by atoms with Crippen LogP contribution in [0.5, 0.6) is 5.75 Å². The summed E-state index contributed by atoms with van der Waals surface area (Å²) in [5.74, 6) is 0.0269. The first kappa shape index (κ1) is 17.2. The number of ether oxygens (including phenoxy) is 1. The fraction of sp³-hybridized carbons (Fsp3) is 0.105. The van der Waals surface area contributed by atoms with Gasteiger partial charge in [0.15, 0.2) is 11.2 Å². The molecule has 2 aromatic heterocycles. The number of nitrogens with zero attached hydrogens (tertiary/aromatic N) is 3. The second kappa shape index (κ2) is 6.85. The van der Waals surface area contributed by atoms with Crippen LogP contribution in [0.2, 0.25) is 5.02 Å². The largest absolute Gasteiger partial charge is 0.497 e. The van der Waals surface area contributed by atoms with Crippen molar-refractivity contribution in [1.82, 2.24) is 19.5 Å². The molecule has 0 saturated heterocycles. The van der Waals surface area contributed by atoms with E-state index in [0.717, 1.165) is 5.56 Å². The molecule has 0 radical (unpaired) electrons. The highest BCUT2D eigenvalue weighted by Crippen LogP contribution is 2.25. The predicted molar refractivity (Wildman–Crippen MR) is 101 cm³/mol. The van der Waals surface area contributed by atoms with E-state index in [4.69, 9.17) is 16.3 Å². The van der Waals surface area contributed by atoms with Crippen LogP contribution in [-0.4, -0.2) is 26.6 Å². The van der Waals surface area contributed by atoms with Crippen LogP contribution < -0.4 is 10.3 Å². The molecule has 2 aromatic carbocycles. The summed E-state index contributed by atoms with van der Waals surface area (Å²) in [4.78, 5) is 23.8. The van der Waals surface area contributed by atoms with Crippen molar-refractivity contribution in [2.75, 3.05) is 7.11 Å². The van der Waals surface area contributed by atoms with E-state index in [-0.39, 0.29) is 17.0 Å². The van der Waals surface area contributed by atoms with Gasteiger partial charge in [-0.25, -0.2) is 14.4 Å². The monoisotopic (exact) mass is 384 g/mol. The van der Waals surface area contributed by atoms with Crippen LogP contribution in [0.3, 0.4) is 0 Å². The van der Waals surface area contributed by atoms with Crippen molar-refractivity contribution in [3.63, 3.8) is 0 Å². The zero-order chi connectivity index (χ0) is 19.0. The number of methoxy groups -OCH3 is 1. The Balaban J connectivity index is 1.81. The van der Waals surface area contributed by atoms with Crippen molar-refractivity contribution < 1.29 is 9.13 Å². The van der Waals surface area contributed by atoms with Crippen LogP contribution in [0.4, 0.5) is 4.39 Å². The number of imidazole rings is 1. The Morgan fingerprint density at radius 1 is 1.26 bits per heavy atom. The molecule has 0 aliphatic heterocycles. The second-order valence-electron chi connectivity index (χ2n) is 5.90.